The minimum Gasteiger partial charge on any atom is -0.283 e. The summed E-state index contributed by atoms with van der Waals surface area (Å²) in [6.07, 6.45) is 18.7. The van der Waals surface area contributed by atoms with Gasteiger partial charge < -0.3 is 0 Å². The van der Waals surface area contributed by atoms with E-state index in [0.717, 1.165) is 48.3 Å². The summed E-state index contributed by atoms with van der Waals surface area (Å²) in [5, 5.41) is 12.3. The number of nitrogens with one attached hydrogen (secondary N) is 1. The largest absolute Gasteiger partial charge is 0.297 e. The number of hydrogen-bond donors (Lipinski definition) is 1. The first-order chi connectivity index (χ1) is 20.8. The Morgan fingerprint density at radius 1 is 0.762 bits per heavy atom. The van der Waals surface area contributed by atoms with Gasteiger partial charge in [-0.1, -0.05) is 95.4 Å². The molecule has 1 fully saturated rings. The van der Waals surface area contributed by atoms with E-state index in [-0.39, 0.29) is 0 Å². The molecule has 2 aliphatic carbocycles. The van der Waals surface area contributed by atoms with Crippen molar-refractivity contribution in [3.8, 4) is 0 Å². The van der Waals surface area contributed by atoms with Crippen molar-refractivity contribution in [1.82, 2.24) is 9.47 Å². The highest BCUT2D eigenvalue weighted by molar-refractivity contribution is 14.1. The standard InChI is InChI=1S/C35H29IN6/c36-23-24-38-34-33(37)40(26-15-6-2-7-16-26)35(41(34)27-17-8-3-9-18-27)39(25-13-4-1-5-14-25)31-22-12-20-29-28-19-10-11-21-30(28)42(35)32(29)31/h1-4,6-8,10-13,15-17,19-24,37H,5,9,14,18H2/b24-23-,37-33?,38-34+. The number of rotatable bonds is 4. The van der Waals surface area contributed by atoms with Crippen LogP contribution in [-0.4, -0.2) is 21.1 Å². The Labute approximate surface area is 258 Å². The van der Waals surface area contributed by atoms with Crippen LogP contribution < -0.4 is 9.80 Å². The lowest BCUT2D eigenvalue weighted by molar-refractivity contribution is 0.159. The highest BCUT2D eigenvalue weighted by atomic mass is 127. The third-order valence-electron chi connectivity index (χ3n) is 8.59. The van der Waals surface area contributed by atoms with E-state index in [1.807, 2.05) is 10.1 Å². The van der Waals surface area contributed by atoms with Crippen LogP contribution in [-0.2, 0) is 5.91 Å². The fourth-order valence-corrected chi connectivity index (χ4v) is 7.24. The van der Waals surface area contributed by atoms with Crippen LogP contribution in [0.3, 0.4) is 0 Å². The molecule has 0 bridgehead atoms. The summed E-state index contributed by atoms with van der Waals surface area (Å²) in [5.74, 6) is 0.000902. The first-order valence-electron chi connectivity index (χ1n) is 14.4. The number of aromatic nitrogens is 1. The van der Waals surface area contributed by atoms with Crippen LogP contribution in [0.5, 0.6) is 0 Å². The number of hydrogen-bond acceptors (Lipinski definition) is 3. The van der Waals surface area contributed by atoms with Gasteiger partial charge in [-0.3, -0.25) is 24.7 Å². The second-order valence-electron chi connectivity index (χ2n) is 10.8. The molecule has 4 aliphatic rings. The molecule has 0 radical (unpaired) electrons. The van der Waals surface area contributed by atoms with Gasteiger partial charge in [0.1, 0.15) is 0 Å². The molecule has 1 aromatic heterocycles. The first-order valence-corrected chi connectivity index (χ1v) is 15.6. The molecule has 0 saturated carbocycles. The SMILES string of the molecule is N=C1/C(=N\C=C/I)N(C2=CC=CCC2)C2(N1c1ccccc1)N(C1=CC=CCC1)c1cccc3c4ccccc4n2c13. The summed E-state index contributed by atoms with van der Waals surface area (Å²) < 4.78 is 4.38. The van der Waals surface area contributed by atoms with Crippen molar-refractivity contribution >= 4 is 67.4 Å². The predicted molar refractivity (Wildman–Crippen MR) is 182 cm³/mol. The van der Waals surface area contributed by atoms with Gasteiger partial charge in [-0.15, -0.1) is 0 Å². The van der Waals surface area contributed by atoms with E-state index in [2.05, 4.69) is 145 Å². The molecule has 3 aromatic carbocycles. The van der Waals surface area contributed by atoms with Gasteiger partial charge >= 0.3 is 0 Å². The van der Waals surface area contributed by atoms with E-state index < -0.39 is 5.91 Å². The Morgan fingerprint density at radius 3 is 2.17 bits per heavy atom. The number of aliphatic imine (C=N–C) groups is 1. The first kappa shape index (κ1) is 25.3. The number of amidine groups is 2. The number of nitrogens with zero attached hydrogens (tertiary/aromatic N) is 5. The Bertz CT molecular complexity index is 1940. The summed E-state index contributed by atoms with van der Waals surface area (Å²) >= 11 is 2.21. The Balaban J connectivity index is 1.59. The van der Waals surface area contributed by atoms with E-state index in [1.165, 1.54) is 22.0 Å². The fraction of sp³-hybridized carbons (Fsp3) is 0.143. The molecule has 4 aromatic rings. The van der Waals surface area contributed by atoms with Crippen molar-refractivity contribution in [3.05, 3.63) is 131 Å². The Hall–Kier alpha value is -4.37. The van der Waals surface area contributed by atoms with E-state index in [1.54, 1.807) is 6.20 Å². The van der Waals surface area contributed by atoms with Crippen LogP contribution >= 0.6 is 22.6 Å². The lowest BCUT2D eigenvalue weighted by atomic mass is 10.1. The third-order valence-corrected chi connectivity index (χ3v) is 8.91. The molecule has 42 heavy (non-hydrogen) atoms. The second-order valence-corrected chi connectivity index (χ2v) is 11.5. The number of fused-ring (bicyclic) bond motifs is 4. The van der Waals surface area contributed by atoms with Gasteiger partial charge in [0.25, 0.3) is 5.91 Å². The van der Waals surface area contributed by atoms with Crippen LogP contribution in [0.25, 0.3) is 21.8 Å². The number of para-hydroxylation sites is 3. The van der Waals surface area contributed by atoms with E-state index in [0.29, 0.717) is 11.7 Å². The number of benzene rings is 3. The summed E-state index contributed by atoms with van der Waals surface area (Å²) in [6.45, 7) is 0. The van der Waals surface area contributed by atoms with Crippen LogP contribution in [0, 0.1) is 5.41 Å². The second kappa shape index (κ2) is 9.87. The smallest absolute Gasteiger partial charge is 0.283 e. The molecular weight excluding hydrogens is 631 g/mol. The minimum atomic E-state index is -0.991. The van der Waals surface area contributed by atoms with Crippen molar-refractivity contribution in [3.63, 3.8) is 0 Å². The number of halogens is 1. The van der Waals surface area contributed by atoms with E-state index in [9.17, 15) is 5.41 Å². The molecular formula is C35H29IN6. The molecule has 1 atom stereocenters. The molecule has 6 nitrogen and oxygen atoms in total. The number of anilines is 2. The van der Waals surface area contributed by atoms with Crippen molar-refractivity contribution in [2.45, 2.75) is 31.6 Å². The molecule has 1 spiro atoms. The van der Waals surface area contributed by atoms with Crippen LogP contribution in [0.2, 0.25) is 0 Å². The topological polar surface area (TPSA) is 50.9 Å². The quantitative estimate of drug-likeness (QED) is 0.223. The lowest BCUT2D eigenvalue weighted by Crippen LogP contribution is -2.64. The molecule has 2 aliphatic heterocycles. The predicted octanol–water partition coefficient (Wildman–Crippen LogP) is 8.75. The maximum Gasteiger partial charge on any atom is 0.297 e. The zero-order valence-electron chi connectivity index (χ0n) is 23.0. The van der Waals surface area contributed by atoms with Gasteiger partial charge in [-0.2, -0.15) is 0 Å². The van der Waals surface area contributed by atoms with Gasteiger partial charge in [-0.05, 0) is 66.2 Å². The zero-order valence-corrected chi connectivity index (χ0v) is 25.1. The van der Waals surface area contributed by atoms with Gasteiger partial charge in [-0.25, -0.2) is 4.99 Å². The van der Waals surface area contributed by atoms with Crippen molar-refractivity contribution < 1.29 is 0 Å². The third kappa shape index (κ3) is 3.37. The van der Waals surface area contributed by atoms with Gasteiger partial charge in [0, 0.05) is 34.1 Å². The van der Waals surface area contributed by atoms with E-state index in [4.69, 9.17) is 4.99 Å². The normalized spacial score (nSPS) is 22.5. The van der Waals surface area contributed by atoms with Crippen molar-refractivity contribution in [1.29, 1.82) is 5.41 Å². The fourth-order valence-electron chi connectivity index (χ4n) is 7.08. The Morgan fingerprint density at radius 2 is 1.45 bits per heavy atom. The summed E-state index contributed by atoms with van der Waals surface area (Å²) in [7, 11) is 0. The maximum atomic E-state index is 9.88. The van der Waals surface area contributed by atoms with E-state index >= 15 is 0 Å². The average molecular weight is 661 g/mol. The molecule has 206 valence electrons. The summed E-state index contributed by atoms with van der Waals surface area (Å²) in [5.41, 5.74) is 6.74. The van der Waals surface area contributed by atoms with Gasteiger partial charge in [0.2, 0.25) is 0 Å². The highest BCUT2D eigenvalue weighted by Crippen LogP contribution is 2.57. The van der Waals surface area contributed by atoms with Crippen molar-refractivity contribution in [2.75, 3.05) is 9.80 Å². The zero-order chi connectivity index (χ0) is 28.3. The molecule has 1 unspecified atom stereocenters. The maximum absolute atomic E-state index is 9.88. The highest BCUT2D eigenvalue weighted by Gasteiger charge is 2.65. The van der Waals surface area contributed by atoms with Gasteiger partial charge in [0.15, 0.2) is 11.7 Å². The molecule has 8 rings (SSSR count). The monoisotopic (exact) mass is 660 g/mol. The van der Waals surface area contributed by atoms with Crippen LogP contribution in [0.4, 0.5) is 11.4 Å². The minimum absolute atomic E-state index is 0.363. The van der Waals surface area contributed by atoms with Crippen LogP contribution in [0.15, 0.2) is 136 Å². The number of allylic oxidation sites excluding steroid dienone is 8. The molecule has 3 heterocycles. The lowest BCUT2D eigenvalue weighted by Gasteiger charge is -2.50. The summed E-state index contributed by atoms with van der Waals surface area (Å²) in [4.78, 5) is 12.0. The molecule has 0 amide bonds. The van der Waals surface area contributed by atoms with Crippen molar-refractivity contribution in [2.24, 2.45) is 4.99 Å². The average Bonchev–Trinajstić information content (AvgIpc) is 3.63. The van der Waals surface area contributed by atoms with Gasteiger partial charge in [0.05, 0.1) is 16.7 Å². The summed E-state index contributed by atoms with van der Waals surface area (Å²) in [6, 6.07) is 25.7. The molecule has 1 saturated heterocycles. The molecule has 7 heteroatoms. The molecule has 1 N–H and O–H groups in total. The Kier molecular flexibility index (Phi) is 5.96. The van der Waals surface area contributed by atoms with Crippen LogP contribution in [0.1, 0.15) is 25.7 Å².